The van der Waals surface area contributed by atoms with E-state index in [1.54, 1.807) is 15.9 Å². The van der Waals surface area contributed by atoms with E-state index in [4.69, 9.17) is 9.72 Å². The summed E-state index contributed by atoms with van der Waals surface area (Å²) in [7, 11) is 0. The second-order valence-corrected chi connectivity index (χ2v) is 10.9. The van der Waals surface area contributed by atoms with Crippen LogP contribution in [0.1, 0.15) is 48.5 Å². The number of nitrogens with zero attached hydrogens (tertiary/aromatic N) is 3. The molecule has 7 nitrogen and oxygen atoms in total. The summed E-state index contributed by atoms with van der Waals surface area (Å²) < 4.78 is 7.09. The highest BCUT2D eigenvalue weighted by atomic mass is 32.1. The molecule has 0 saturated carbocycles. The molecule has 2 aliphatic rings. The first-order chi connectivity index (χ1) is 17.0. The number of hydrogen-bond acceptors (Lipinski definition) is 6. The summed E-state index contributed by atoms with van der Waals surface area (Å²) in [6.07, 6.45) is 5.10. The van der Waals surface area contributed by atoms with E-state index in [2.05, 4.69) is 24.1 Å². The molecule has 1 atom stereocenters. The number of amides is 1. The van der Waals surface area contributed by atoms with Crippen LogP contribution in [-0.4, -0.2) is 46.7 Å². The van der Waals surface area contributed by atoms with Gasteiger partial charge >= 0.3 is 0 Å². The molecule has 1 aliphatic heterocycles. The Bertz CT molecular complexity index is 1260. The predicted octanol–water partition coefficient (Wildman–Crippen LogP) is 4.01. The normalized spacial score (nSPS) is 18.5. The number of rotatable bonds is 7. The lowest BCUT2D eigenvalue weighted by Crippen LogP contribution is -2.39. The first-order valence-electron chi connectivity index (χ1n) is 12.7. The van der Waals surface area contributed by atoms with Crippen molar-refractivity contribution in [3.63, 3.8) is 0 Å². The molecule has 1 unspecified atom stereocenters. The molecule has 0 radical (unpaired) electrons. The monoisotopic (exact) mass is 494 g/mol. The van der Waals surface area contributed by atoms with Gasteiger partial charge in [-0.25, -0.2) is 4.98 Å². The minimum absolute atomic E-state index is 0.0425. The van der Waals surface area contributed by atoms with E-state index >= 15 is 0 Å². The number of carbonyl (C=O) groups is 1. The maximum atomic E-state index is 13.8. The zero-order valence-corrected chi connectivity index (χ0v) is 21.5. The number of morpholine rings is 1. The van der Waals surface area contributed by atoms with Crippen LogP contribution in [0, 0.1) is 5.92 Å². The molecule has 3 heterocycles. The van der Waals surface area contributed by atoms with Gasteiger partial charge in [0.05, 0.1) is 25.1 Å². The number of carbonyl (C=O) groups excluding carboxylic acids is 1. The Hall–Kier alpha value is -2.55. The molecule has 0 bridgehead atoms. The van der Waals surface area contributed by atoms with E-state index in [9.17, 15) is 9.59 Å². The molecule has 1 N–H and O–H groups in total. The number of aryl methyl sites for hydroxylation is 2. The topological polar surface area (TPSA) is 76.5 Å². The lowest BCUT2D eigenvalue weighted by Gasteiger charge is -2.27. The molecular weight excluding hydrogens is 460 g/mol. The van der Waals surface area contributed by atoms with Crippen molar-refractivity contribution >= 4 is 33.1 Å². The summed E-state index contributed by atoms with van der Waals surface area (Å²) in [5, 5.41) is 3.69. The molecule has 1 aliphatic carbocycles. The standard InChI is InChI=1S/C27H34N4O3S/c1-3-4-19-6-8-20(9-7-19)28-24(32)17-31-23(16-30-11-13-34-14-12-30)29-26-25(27(31)33)21-10-5-18(2)15-22(21)35-26/h6-9,18H,3-5,10-17H2,1-2H3,(H,28,32). The fraction of sp³-hybridized carbons (Fsp3) is 0.519. The van der Waals surface area contributed by atoms with Crippen molar-refractivity contribution in [3.8, 4) is 0 Å². The van der Waals surface area contributed by atoms with Gasteiger partial charge in [0.25, 0.3) is 5.56 Å². The smallest absolute Gasteiger partial charge is 0.263 e. The fourth-order valence-electron chi connectivity index (χ4n) is 5.10. The van der Waals surface area contributed by atoms with Crippen LogP contribution in [0.4, 0.5) is 5.69 Å². The highest BCUT2D eigenvalue weighted by Gasteiger charge is 2.26. The molecule has 1 fully saturated rings. The Morgan fingerprint density at radius 1 is 1.23 bits per heavy atom. The van der Waals surface area contributed by atoms with E-state index in [0.717, 1.165) is 66.7 Å². The Morgan fingerprint density at radius 3 is 2.74 bits per heavy atom. The van der Waals surface area contributed by atoms with Crippen molar-refractivity contribution < 1.29 is 9.53 Å². The van der Waals surface area contributed by atoms with Gasteiger partial charge in [0.15, 0.2) is 0 Å². The number of fused-ring (bicyclic) bond motifs is 3. The van der Waals surface area contributed by atoms with Gasteiger partial charge in [-0.1, -0.05) is 32.4 Å². The molecule has 5 rings (SSSR count). The predicted molar refractivity (Wildman–Crippen MR) is 140 cm³/mol. The van der Waals surface area contributed by atoms with Gasteiger partial charge in [0.1, 0.15) is 17.2 Å². The maximum absolute atomic E-state index is 13.8. The summed E-state index contributed by atoms with van der Waals surface area (Å²) in [6, 6.07) is 7.94. The van der Waals surface area contributed by atoms with Crippen molar-refractivity contribution in [2.75, 3.05) is 31.6 Å². The molecule has 35 heavy (non-hydrogen) atoms. The largest absolute Gasteiger partial charge is 0.379 e. The Kier molecular flexibility index (Phi) is 7.32. The maximum Gasteiger partial charge on any atom is 0.263 e. The number of ether oxygens (including phenoxy) is 1. The van der Waals surface area contributed by atoms with Crippen LogP contribution in [0.15, 0.2) is 29.1 Å². The highest BCUT2D eigenvalue weighted by molar-refractivity contribution is 7.18. The second kappa shape index (κ2) is 10.6. The Morgan fingerprint density at radius 2 is 2.00 bits per heavy atom. The van der Waals surface area contributed by atoms with Crippen molar-refractivity contribution in [1.29, 1.82) is 0 Å². The zero-order chi connectivity index (χ0) is 24.4. The molecule has 1 aromatic carbocycles. The average molecular weight is 495 g/mol. The van der Waals surface area contributed by atoms with Crippen LogP contribution in [-0.2, 0) is 41.9 Å². The van der Waals surface area contributed by atoms with Gasteiger partial charge < -0.3 is 10.1 Å². The summed E-state index contributed by atoms with van der Waals surface area (Å²) in [5.41, 5.74) is 3.06. The van der Waals surface area contributed by atoms with Gasteiger partial charge in [0, 0.05) is 23.7 Å². The molecular formula is C27H34N4O3S. The van der Waals surface area contributed by atoms with Gasteiger partial charge in [-0.05, 0) is 54.9 Å². The quantitative estimate of drug-likeness (QED) is 0.537. The molecule has 3 aromatic rings. The van der Waals surface area contributed by atoms with Crippen LogP contribution in [0.25, 0.3) is 10.2 Å². The number of nitrogens with one attached hydrogen (secondary N) is 1. The minimum atomic E-state index is -0.211. The van der Waals surface area contributed by atoms with Crippen LogP contribution < -0.4 is 10.9 Å². The SMILES string of the molecule is CCCc1ccc(NC(=O)Cn2c(CN3CCOCC3)nc3sc4c(c3c2=O)CCC(C)C4)cc1. The van der Waals surface area contributed by atoms with Crippen molar-refractivity contribution in [3.05, 3.63) is 56.4 Å². The van der Waals surface area contributed by atoms with Gasteiger partial charge in [-0.3, -0.25) is 19.1 Å². The number of aromatic nitrogens is 2. The van der Waals surface area contributed by atoms with Gasteiger partial charge in [-0.2, -0.15) is 0 Å². The second-order valence-electron chi connectivity index (χ2n) is 9.83. The van der Waals surface area contributed by atoms with E-state index in [0.29, 0.717) is 31.5 Å². The summed E-state index contributed by atoms with van der Waals surface area (Å²) in [6.45, 7) is 7.84. The van der Waals surface area contributed by atoms with E-state index < -0.39 is 0 Å². The van der Waals surface area contributed by atoms with Crippen molar-refractivity contribution in [2.45, 2.75) is 59.0 Å². The third-order valence-corrected chi connectivity index (χ3v) is 8.19. The van der Waals surface area contributed by atoms with Crippen LogP contribution in [0.5, 0.6) is 0 Å². The molecule has 1 amide bonds. The molecule has 8 heteroatoms. The lowest BCUT2D eigenvalue weighted by atomic mass is 9.89. The van der Waals surface area contributed by atoms with E-state index in [1.807, 2.05) is 24.3 Å². The van der Waals surface area contributed by atoms with Gasteiger partial charge in [0.2, 0.25) is 5.91 Å². The lowest BCUT2D eigenvalue weighted by molar-refractivity contribution is -0.116. The summed E-state index contributed by atoms with van der Waals surface area (Å²) >= 11 is 1.66. The number of thiophene rings is 1. The molecule has 1 saturated heterocycles. The molecule has 2 aromatic heterocycles. The summed E-state index contributed by atoms with van der Waals surface area (Å²) in [5.74, 6) is 1.07. The Balaban J connectivity index is 1.46. The van der Waals surface area contributed by atoms with Crippen LogP contribution >= 0.6 is 11.3 Å². The van der Waals surface area contributed by atoms with Crippen molar-refractivity contribution in [2.24, 2.45) is 5.92 Å². The van der Waals surface area contributed by atoms with E-state index in [1.165, 1.54) is 10.4 Å². The molecule has 186 valence electrons. The van der Waals surface area contributed by atoms with Crippen molar-refractivity contribution in [1.82, 2.24) is 14.5 Å². The molecule has 0 spiro atoms. The highest BCUT2D eigenvalue weighted by Crippen LogP contribution is 2.36. The first kappa shape index (κ1) is 24.2. The van der Waals surface area contributed by atoms with Crippen LogP contribution in [0.2, 0.25) is 0 Å². The number of anilines is 1. The van der Waals surface area contributed by atoms with E-state index in [-0.39, 0.29) is 18.0 Å². The number of benzene rings is 1. The van der Waals surface area contributed by atoms with Crippen LogP contribution in [0.3, 0.4) is 0 Å². The Labute approximate surface area is 210 Å². The summed E-state index contributed by atoms with van der Waals surface area (Å²) in [4.78, 5) is 36.2. The third kappa shape index (κ3) is 5.34. The first-order valence-corrected chi connectivity index (χ1v) is 13.6. The minimum Gasteiger partial charge on any atom is -0.379 e. The third-order valence-electron chi connectivity index (χ3n) is 7.04. The number of hydrogen-bond donors (Lipinski definition) is 1. The fourth-order valence-corrected chi connectivity index (χ4v) is 6.49. The zero-order valence-electron chi connectivity index (χ0n) is 20.6. The van der Waals surface area contributed by atoms with Gasteiger partial charge in [-0.15, -0.1) is 11.3 Å². The average Bonchev–Trinajstić information content (AvgIpc) is 3.21.